The maximum Gasteiger partial charge on any atom is 0.337 e. The van der Waals surface area contributed by atoms with Crippen LogP contribution in [-0.2, 0) is 14.3 Å². The Morgan fingerprint density at radius 2 is 1.33 bits per heavy atom. The Labute approximate surface area is 162 Å². The number of esters is 1. The fourth-order valence-electron chi connectivity index (χ4n) is 2.29. The molecule has 2 rings (SSSR count). The zero-order chi connectivity index (χ0) is 19.8. The highest BCUT2D eigenvalue weighted by Crippen LogP contribution is 2.13. The highest BCUT2D eigenvalue weighted by molar-refractivity contribution is 6.30. The number of nitrogens with zero attached hydrogens (tertiary/aromatic N) is 1. The molecule has 0 aliphatic heterocycles. The summed E-state index contributed by atoms with van der Waals surface area (Å²) in [5, 5.41) is 6.02. The van der Waals surface area contributed by atoms with E-state index < -0.39 is 5.97 Å². The zero-order valence-electron chi connectivity index (χ0n) is 15.0. The van der Waals surface area contributed by atoms with E-state index in [2.05, 4.69) is 15.4 Å². The van der Waals surface area contributed by atoms with E-state index in [0.717, 1.165) is 0 Å². The number of carbonyl (C=O) groups excluding carboxylic acids is 3. The normalized spacial score (nSPS) is 10.4. The molecular formula is C19H20ClN3O4. The second-order valence-corrected chi connectivity index (χ2v) is 6.28. The molecule has 27 heavy (non-hydrogen) atoms. The average molecular weight is 390 g/mol. The lowest BCUT2D eigenvalue weighted by molar-refractivity contribution is -0.119. The first kappa shape index (κ1) is 20.4. The Morgan fingerprint density at radius 3 is 1.78 bits per heavy atom. The summed E-state index contributed by atoms with van der Waals surface area (Å²) in [5.74, 6) is -0.961. The van der Waals surface area contributed by atoms with Crippen LogP contribution in [-0.4, -0.2) is 49.9 Å². The quantitative estimate of drug-likeness (QED) is 0.711. The third kappa shape index (κ3) is 6.73. The summed E-state index contributed by atoms with van der Waals surface area (Å²) in [6, 6.07) is 13.1. The minimum atomic E-state index is -0.445. The molecule has 0 heterocycles. The van der Waals surface area contributed by atoms with Crippen LogP contribution >= 0.6 is 11.6 Å². The first-order valence-electron chi connectivity index (χ1n) is 8.09. The standard InChI is InChI=1S/C19H20ClN3O4/c1-23(12-18(25)22-16-9-5-14(20)6-10-16)11-17(24)21-15-7-3-13(4-8-15)19(26)27-2/h3-10H,11-12H2,1-2H3,(H,21,24)(H,22,25). The van der Waals surface area contributed by atoms with Crippen LogP contribution in [0.15, 0.2) is 48.5 Å². The molecule has 0 aliphatic carbocycles. The van der Waals surface area contributed by atoms with E-state index in [9.17, 15) is 14.4 Å². The van der Waals surface area contributed by atoms with Gasteiger partial charge in [0.25, 0.3) is 0 Å². The van der Waals surface area contributed by atoms with Crippen molar-refractivity contribution in [2.24, 2.45) is 0 Å². The molecule has 0 fully saturated rings. The number of benzene rings is 2. The Morgan fingerprint density at radius 1 is 0.889 bits per heavy atom. The largest absolute Gasteiger partial charge is 0.465 e. The second kappa shape index (κ2) is 9.70. The van der Waals surface area contributed by atoms with Crippen LogP contribution in [0.3, 0.4) is 0 Å². The Hall–Kier alpha value is -2.90. The fourth-order valence-corrected chi connectivity index (χ4v) is 2.41. The molecule has 2 aromatic rings. The third-order valence-corrected chi connectivity index (χ3v) is 3.80. The molecule has 7 nitrogen and oxygen atoms in total. The molecule has 0 spiro atoms. The maximum atomic E-state index is 12.1. The highest BCUT2D eigenvalue weighted by atomic mass is 35.5. The number of hydrogen-bond donors (Lipinski definition) is 2. The molecule has 0 saturated carbocycles. The van der Waals surface area contributed by atoms with E-state index >= 15 is 0 Å². The van der Waals surface area contributed by atoms with E-state index in [1.54, 1.807) is 60.5 Å². The van der Waals surface area contributed by atoms with Crippen molar-refractivity contribution in [3.8, 4) is 0 Å². The molecule has 2 aromatic carbocycles. The van der Waals surface area contributed by atoms with Gasteiger partial charge in [-0.25, -0.2) is 4.79 Å². The summed E-state index contributed by atoms with van der Waals surface area (Å²) in [6.45, 7) is 0.0874. The van der Waals surface area contributed by atoms with Gasteiger partial charge in [0.2, 0.25) is 11.8 Å². The van der Waals surface area contributed by atoms with Crippen molar-refractivity contribution in [2.75, 3.05) is 37.9 Å². The monoisotopic (exact) mass is 389 g/mol. The summed E-state index contributed by atoms with van der Waals surface area (Å²) in [5.41, 5.74) is 1.58. The van der Waals surface area contributed by atoms with Gasteiger partial charge in [-0.3, -0.25) is 14.5 Å². The number of carbonyl (C=O) groups is 3. The summed E-state index contributed by atoms with van der Waals surface area (Å²) >= 11 is 5.80. The van der Waals surface area contributed by atoms with E-state index in [1.165, 1.54) is 7.11 Å². The molecule has 2 N–H and O–H groups in total. The fraction of sp³-hybridized carbons (Fsp3) is 0.211. The number of halogens is 1. The van der Waals surface area contributed by atoms with Crippen molar-refractivity contribution >= 4 is 40.8 Å². The van der Waals surface area contributed by atoms with Gasteiger partial charge >= 0.3 is 5.97 Å². The number of anilines is 2. The molecule has 0 radical (unpaired) electrons. The van der Waals surface area contributed by atoms with Crippen LogP contribution in [0.4, 0.5) is 11.4 Å². The van der Waals surface area contributed by atoms with E-state index in [1.807, 2.05) is 0 Å². The second-order valence-electron chi connectivity index (χ2n) is 5.84. The van der Waals surface area contributed by atoms with Gasteiger partial charge in [0.1, 0.15) is 0 Å². The Balaban J connectivity index is 1.79. The molecule has 0 aliphatic rings. The van der Waals surface area contributed by atoms with Crippen molar-refractivity contribution in [2.45, 2.75) is 0 Å². The van der Waals surface area contributed by atoms with Gasteiger partial charge in [-0.1, -0.05) is 11.6 Å². The van der Waals surface area contributed by atoms with Crippen molar-refractivity contribution in [1.82, 2.24) is 4.90 Å². The summed E-state index contributed by atoms with van der Waals surface area (Å²) in [6.07, 6.45) is 0. The number of hydrogen-bond acceptors (Lipinski definition) is 5. The van der Waals surface area contributed by atoms with Gasteiger partial charge in [0, 0.05) is 16.4 Å². The summed E-state index contributed by atoms with van der Waals surface area (Å²) in [7, 11) is 2.97. The molecule has 0 unspecified atom stereocenters. The molecule has 0 bridgehead atoms. The van der Waals surface area contributed by atoms with Gasteiger partial charge in [0.15, 0.2) is 0 Å². The zero-order valence-corrected chi connectivity index (χ0v) is 15.7. The molecule has 2 amide bonds. The van der Waals surface area contributed by atoms with Crippen LogP contribution < -0.4 is 10.6 Å². The molecule has 0 atom stereocenters. The van der Waals surface area contributed by atoms with Crippen molar-refractivity contribution < 1.29 is 19.1 Å². The molecule has 142 valence electrons. The predicted octanol–water partition coefficient (Wildman–Crippen LogP) is 2.64. The number of amides is 2. The van der Waals surface area contributed by atoms with Gasteiger partial charge in [-0.15, -0.1) is 0 Å². The molecule has 0 saturated heterocycles. The number of likely N-dealkylation sites (N-methyl/N-ethyl adjacent to an activating group) is 1. The lowest BCUT2D eigenvalue weighted by Gasteiger charge is -2.16. The lowest BCUT2D eigenvalue weighted by atomic mass is 10.2. The number of rotatable bonds is 7. The van der Waals surface area contributed by atoms with Crippen molar-refractivity contribution in [1.29, 1.82) is 0 Å². The van der Waals surface area contributed by atoms with Gasteiger partial charge in [0.05, 0.1) is 25.8 Å². The van der Waals surface area contributed by atoms with Crippen molar-refractivity contribution in [3.05, 3.63) is 59.1 Å². The first-order valence-corrected chi connectivity index (χ1v) is 8.47. The topological polar surface area (TPSA) is 87.7 Å². The Kier molecular flexibility index (Phi) is 7.34. The van der Waals surface area contributed by atoms with Gasteiger partial charge in [-0.2, -0.15) is 0 Å². The van der Waals surface area contributed by atoms with E-state index in [0.29, 0.717) is 22.0 Å². The highest BCUT2D eigenvalue weighted by Gasteiger charge is 2.12. The van der Waals surface area contributed by atoms with Crippen LogP contribution in [0.25, 0.3) is 0 Å². The van der Waals surface area contributed by atoms with E-state index in [-0.39, 0.29) is 24.9 Å². The molecular weight excluding hydrogens is 370 g/mol. The number of methoxy groups -OCH3 is 1. The predicted molar refractivity (Wildman–Crippen MR) is 104 cm³/mol. The van der Waals surface area contributed by atoms with Crippen LogP contribution in [0.2, 0.25) is 5.02 Å². The molecule has 0 aromatic heterocycles. The minimum Gasteiger partial charge on any atom is -0.465 e. The van der Waals surface area contributed by atoms with Crippen molar-refractivity contribution in [3.63, 3.8) is 0 Å². The minimum absolute atomic E-state index is 0.0345. The average Bonchev–Trinajstić information content (AvgIpc) is 2.63. The van der Waals surface area contributed by atoms with Crippen LogP contribution in [0.5, 0.6) is 0 Å². The lowest BCUT2D eigenvalue weighted by Crippen LogP contribution is -2.36. The summed E-state index contributed by atoms with van der Waals surface area (Å²) in [4.78, 5) is 37.1. The molecule has 8 heteroatoms. The van der Waals surface area contributed by atoms with Crippen LogP contribution in [0.1, 0.15) is 10.4 Å². The summed E-state index contributed by atoms with van der Waals surface area (Å²) < 4.78 is 4.62. The SMILES string of the molecule is COC(=O)c1ccc(NC(=O)CN(C)CC(=O)Nc2ccc(Cl)cc2)cc1. The van der Waals surface area contributed by atoms with Crippen LogP contribution in [0, 0.1) is 0 Å². The van der Waals surface area contributed by atoms with E-state index in [4.69, 9.17) is 11.6 Å². The Bertz CT molecular complexity index is 807. The van der Waals surface area contributed by atoms with Gasteiger partial charge < -0.3 is 15.4 Å². The maximum absolute atomic E-state index is 12.1. The van der Waals surface area contributed by atoms with Gasteiger partial charge in [-0.05, 0) is 55.6 Å². The third-order valence-electron chi connectivity index (χ3n) is 3.54. The number of ether oxygens (including phenoxy) is 1. The smallest absolute Gasteiger partial charge is 0.337 e. The number of nitrogens with one attached hydrogen (secondary N) is 2. The first-order chi connectivity index (χ1) is 12.9.